The quantitative estimate of drug-likeness (QED) is 0.768. The fraction of sp³-hybridized carbons (Fsp3) is 0.538. The average Bonchev–Trinajstić information content (AvgIpc) is 2.74. The fourth-order valence-corrected chi connectivity index (χ4v) is 1.68. The molecule has 94 valence electrons. The van der Waals surface area contributed by atoms with Crippen LogP contribution in [0, 0.1) is 0 Å². The van der Waals surface area contributed by atoms with Gasteiger partial charge in [0.2, 0.25) is 5.91 Å². The molecular weight excluding hydrogens is 216 g/mol. The lowest BCUT2D eigenvalue weighted by Gasteiger charge is -2.14. The zero-order valence-corrected chi connectivity index (χ0v) is 10.7. The number of hydrogen-bond acceptors (Lipinski definition) is 2. The van der Waals surface area contributed by atoms with Crippen LogP contribution in [-0.2, 0) is 11.3 Å². The second kappa shape index (κ2) is 6.23. The van der Waals surface area contributed by atoms with E-state index in [0.717, 1.165) is 12.8 Å². The van der Waals surface area contributed by atoms with E-state index >= 15 is 0 Å². The Morgan fingerprint density at radius 3 is 2.47 bits per heavy atom. The molecule has 4 heteroatoms. The van der Waals surface area contributed by atoms with Gasteiger partial charge in [-0.15, -0.1) is 0 Å². The van der Waals surface area contributed by atoms with E-state index in [1.165, 1.54) is 6.92 Å². The maximum absolute atomic E-state index is 11.7. The molecule has 17 heavy (non-hydrogen) atoms. The second-order valence-corrected chi connectivity index (χ2v) is 4.21. The van der Waals surface area contributed by atoms with E-state index < -0.39 is 0 Å². The van der Waals surface area contributed by atoms with Gasteiger partial charge in [-0.25, -0.2) is 0 Å². The minimum Gasteiger partial charge on any atom is -0.352 e. The number of carbonyl (C=O) groups excluding carboxylic acids is 2. The van der Waals surface area contributed by atoms with Crippen LogP contribution in [0.4, 0.5) is 0 Å². The topological polar surface area (TPSA) is 51.1 Å². The molecule has 0 aliphatic heterocycles. The molecule has 0 saturated heterocycles. The summed E-state index contributed by atoms with van der Waals surface area (Å²) in [7, 11) is 0. The molecule has 0 radical (unpaired) electrons. The second-order valence-electron chi connectivity index (χ2n) is 4.21. The van der Waals surface area contributed by atoms with Gasteiger partial charge in [0.05, 0.1) is 0 Å². The van der Waals surface area contributed by atoms with Crippen LogP contribution in [0.15, 0.2) is 18.5 Å². The Morgan fingerprint density at radius 2 is 2.00 bits per heavy atom. The van der Waals surface area contributed by atoms with Crippen molar-refractivity contribution in [3.63, 3.8) is 0 Å². The number of amides is 1. The molecule has 0 spiro atoms. The van der Waals surface area contributed by atoms with Crippen molar-refractivity contribution in [3.05, 3.63) is 24.0 Å². The van der Waals surface area contributed by atoms with E-state index in [9.17, 15) is 9.59 Å². The summed E-state index contributed by atoms with van der Waals surface area (Å²) in [5.74, 6) is 0.00792. The van der Waals surface area contributed by atoms with Crippen LogP contribution >= 0.6 is 0 Å². The third-order valence-corrected chi connectivity index (χ3v) is 2.83. The van der Waals surface area contributed by atoms with Gasteiger partial charge in [0.1, 0.15) is 6.54 Å². The van der Waals surface area contributed by atoms with E-state index in [-0.39, 0.29) is 24.3 Å². The van der Waals surface area contributed by atoms with Gasteiger partial charge in [0.25, 0.3) is 0 Å². The van der Waals surface area contributed by atoms with Gasteiger partial charge in [-0.1, -0.05) is 13.8 Å². The van der Waals surface area contributed by atoms with Crippen molar-refractivity contribution in [2.75, 3.05) is 0 Å². The lowest BCUT2D eigenvalue weighted by molar-refractivity contribution is -0.122. The molecule has 0 fully saturated rings. The number of carbonyl (C=O) groups is 2. The largest absolute Gasteiger partial charge is 0.352 e. The lowest BCUT2D eigenvalue weighted by Crippen LogP contribution is -2.35. The van der Waals surface area contributed by atoms with E-state index in [2.05, 4.69) is 19.2 Å². The van der Waals surface area contributed by atoms with Crippen LogP contribution in [0.2, 0.25) is 0 Å². The SMILES string of the molecule is CCC(CC)NC(=O)Cn1ccc(C(C)=O)c1. The van der Waals surface area contributed by atoms with Crippen LogP contribution in [0.25, 0.3) is 0 Å². The number of aromatic nitrogens is 1. The van der Waals surface area contributed by atoms with Crippen LogP contribution in [0.1, 0.15) is 44.0 Å². The van der Waals surface area contributed by atoms with Gasteiger partial charge in [-0.3, -0.25) is 9.59 Å². The maximum Gasteiger partial charge on any atom is 0.240 e. The maximum atomic E-state index is 11.7. The van der Waals surface area contributed by atoms with Crippen molar-refractivity contribution in [2.24, 2.45) is 0 Å². The number of nitrogens with zero attached hydrogens (tertiary/aromatic N) is 1. The van der Waals surface area contributed by atoms with Gasteiger partial charge in [0, 0.05) is 24.0 Å². The number of Topliss-reactive ketones (excluding diaryl/α,β-unsaturated/α-hetero) is 1. The number of nitrogens with one attached hydrogen (secondary N) is 1. The minimum absolute atomic E-state index is 0.00981. The number of ketones is 1. The van der Waals surface area contributed by atoms with E-state index in [1.807, 2.05) is 0 Å². The van der Waals surface area contributed by atoms with Gasteiger partial charge in [0.15, 0.2) is 5.78 Å². The van der Waals surface area contributed by atoms with Crippen molar-refractivity contribution in [2.45, 2.75) is 46.2 Å². The molecule has 4 nitrogen and oxygen atoms in total. The molecule has 0 aromatic carbocycles. The predicted octanol–water partition coefficient (Wildman–Crippen LogP) is 2.00. The van der Waals surface area contributed by atoms with Gasteiger partial charge in [-0.05, 0) is 25.8 Å². The molecule has 0 aliphatic carbocycles. The summed E-state index contributed by atoms with van der Waals surface area (Å²) >= 11 is 0. The Balaban J connectivity index is 2.52. The minimum atomic E-state index is -0.00981. The Hall–Kier alpha value is -1.58. The van der Waals surface area contributed by atoms with Gasteiger partial charge in [-0.2, -0.15) is 0 Å². The first-order chi connectivity index (χ1) is 8.06. The standard InChI is InChI=1S/C13H20N2O2/c1-4-12(5-2)14-13(17)9-15-7-6-11(8-15)10(3)16/h6-8,12H,4-5,9H2,1-3H3,(H,14,17). The highest BCUT2D eigenvalue weighted by Crippen LogP contribution is 2.02. The third kappa shape index (κ3) is 4.06. The molecule has 0 bridgehead atoms. The molecule has 0 aliphatic rings. The van der Waals surface area contributed by atoms with E-state index in [4.69, 9.17) is 0 Å². The highest BCUT2D eigenvalue weighted by Gasteiger charge is 2.09. The van der Waals surface area contributed by atoms with E-state index in [0.29, 0.717) is 5.56 Å². The number of rotatable bonds is 6. The Bertz CT molecular complexity index is 392. The molecule has 1 heterocycles. The van der Waals surface area contributed by atoms with Crippen molar-refractivity contribution in [3.8, 4) is 0 Å². The molecule has 1 amide bonds. The monoisotopic (exact) mass is 236 g/mol. The highest BCUT2D eigenvalue weighted by atomic mass is 16.2. The summed E-state index contributed by atoms with van der Waals surface area (Å²) in [5.41, 5.74) is 0.639. The molecule has 0 unspecified atom stereocenters. The van der Waals surface area contributed by atoms with Gasteiger partial charge >= 0.3 is 0 Å². The first-order valence-corrected chi connectivity index (χ1v) is 6.02. The molecule has 1 rings (SSSR count). The van der Waals surface area contributed by atoms with Crippen molar-refractivity contribution >= 4 is 11.7 Å². The molecule has 1 aromatic heterocycles. The summed E-state index contributed by atoms with van der Waals surface area (Å²) in [6.45, 7) is 5.89. The zero-order chi connectivity index (χ0) is 12.8. The molecule has 0 atom stereocenters. The smallest absolute Gasteiger partial charge is 0.240 e. The summed E-state index contributed by atoms with van der Waals surface area (Å²) in [5, 5.41) is 2.96. The van der Waals surface area contributed by atoms with E-state index in [1.54, 1.807) is 23.0 Å². The van der Waals surface area contributed by atoms with Crippen molar-refractivity contribution in [1.29, 1.82) is 0 Å². The fourth-order valence-electron chi connectivity index (χ4n) is 1.68. The van der Waals surface area contributed by atoms with Crippen molar-refractivity contribution in [1.82, 2.24) is 9.88 Å². The lowest BCUT2D eigenvalue weighted by atomic mass is 10.2. The molecule has 0 saturated carbocycles. The zero-order valence-electron chi connectivity index (χ0n) is 10.7. The van der Waals surface area contributed by atoms with Crippen molar-refractivity contribution < 1.29 is 9.59 Å². The van der Waals surface area contributed by atoms with Gasteiger partial charge < -0.3 is 9.88 Å². The summed E-state index contributed by atoms with van der Waals surface area (Å²) in [6.07, 6.45) is 5.33. The first kappa shape index (κ1) is 13.5. The highest BCUT2D eigenvalue weighted by molar-refractivity contribution is 5.93. The molecule has 1 aromatic rings. The van der Waals surface area contributed by atoms with Crippen LogP contribution in [0.5, 0.6) is 0 Å². The Morgan fingerprint density at radius 1 is 1.35 bits per heavy atom. The summed E-state index contributed by atoms with van der Waals surface area (Å²) in [4.78, 5) is 22.8. The molecule has 1 N–H and O–H groups in total. The summed E-state index contributed by atoms with van der Waals surface area (Å²) < 4.78 is 1.73. The average molecular weight is 236 g/mol. The first-order valence-electron chi connectivity index (χ1n) is 6.02. The Kier molecular flexibility index (Phi) is 4.94. The number of hydrogen-bond donors (Lipinski definition) is 1. The van der Waals surface area contributed by atoms with Crippen LogP contribution in [-0.4, -0.2) is 22.3 Å². The van der Waals surface area contributed by atoms with Crippen LogP contribution < -0.4 is 5.32 Å². The Labute approximate surface area is 102 Å². The van der Waals surface area contributed by atoms with Crippen LogP contribution in [0.3, 0.4) is 0 Å². The molecular formula is C13H20N2O2. The normalized spacial score (nSPS) is 10.6. The predicted molar refractivity (Wildman–Crippen MR) is 66.9 cm³/mol. The summed E-state index contributed by atoms with van der Waals surface area (Å²) in [6, 6.07) is 1.97. The third-order valence-electron chi connectivity index (χ3n) is 2.83.